The van der Waals surface area contributed by atoms with Crippen LogP contribution in [-0.2, 0) is 13.0 Å². The Morgan fingerprint density at radius 2 is 2.00 bits per heavy atom. The van der Waals surface area contributed by atoms with Gasteiger partial charge in [0, 0.05) is 0 Å². The van der Waals surface area contributed by atoms with Crippen LogP contribution in [-0.4, -0.2) is 10.1 Å². The minimum Gasteiger partial charge on any atom is -0.339 e. The van der Waals surface area contributed by atoms with Crippen LogP contribution in [0, 0.1) is 5.82 Å². The molecule has 0 fully saturated rings. The fraction of sp³-hybridized carbons (Fsp3) is 0.200. The predicted octanol–water partition coefficient (Wildman–Crippen LogP) is 1.26. The maximum Gasteiger partial charge on any atom is 0.231 e. The first-order valence-corrected chi connectivity index (χ1v) is 4.54. The molecule has 0 aliphatic rings. The van der Waals surface area contributed by atoms with Crippen LogP contribution in [0.1, 0.15) is 17.3 Å². The Hall–Kier alpha value is -1.75. The zero-order valence-corrected chi connectivity index (χ0v) is 7.98. The van der Waals surface area contributed by atoms with E-state index in [1.165, 1.54) is 12.1 Å². The molecule has 78 valence electrons. The molecule has 0 amide bonds. The molecule has 0 bridgehead atoms. The van der Waals surface area contributed by atoms with Crippen molar-refractivity contribution in [1.29, 1.82) is 0 Å². The van der Waals surface area contributed by atoms with Gasteiger partial charge in [0.1, 0.15) is 5.82 Å². The molecule has 5 heteroatoms. The van der Waals surface area contributed by atoms with Gasteiger partial charge in [-0.05, 0) is 17.7 Å². The van der Waals surface area contributed by atoms with Gasteiger partial charge in [0.15, 0.2) is 5.82 Å². The molecule has 2 aromatic rings. The molecule has 4 nitrogen and oxygen atoms in total. The average Bonchev–Trinajstić information content (AvgIpc) is 2.69. The highest BCUT2D eigenvalue weighted by atomic mass is 19.1. The summed E-state index contributed by atoms with van der Waals surface area (Å²) < 4.78 is 17.6. The maximum atomic E-state index is 12.6. The van der Waals surface area contributed by atoms with E-state index >= 15 is 0 Å². The first-order valence-electron chi connectivity index (χ1n) is 4.54. The maximum absolute atomic E-state index is 12.6. The molecule has 1 aromatic carbocycles. The van der Waals surface area contributed by atoms with Crippen molar-refractivity contribution in [3.05, 3.63) is 47.4 Å². The smallest absolute Gasteiger partial charge is 0.231 e. The number of halogens is 1. The van der Waals surface area contributed by atoms with Crippen LogP contribution >= 0.6 is 0 Å². The summed E-state index contributed by atoms with van der Waals surface area (Å²) in [6.45, 7) is 0.257. The van der Waals surface area contributed by atoms with E-state index in [-0.39, 0.29) is 12.4 Å². The van der Waals surface area contributed by atoms with Gasteiger partial charge in [0.05, 0.1) is 13.0 Å². The summed E-state index contributed by atoms with van der Waals surface area (Å²) in [5, 5.41) is 3.66. The second kappa shape index (κ2) is 4.18. The van der Waals surface area contributed by atoms with Crippen molar-refractivity contribution in [2.75, 3.05) is 0 Å². The fourth-order valence-corrected chi connectivity index (χ4v) is 1.22. The number of rotatable bonds is 3. The molecule has 0 radical (unpaired) electrons. The second-order valence-electron chi connectivity index (χ2n) is 3.11. The van der Waals surface area contributed by atoms with E-state index in [0.29, 0.717) is 18.1 Å². The molecule has 2 rings (SSSR count). The van der Waals surface area contributed by atoms with Gasteiger partial charge in [0.2, 0.25) is 5.89 Å². The van der Waals surface area contributed by atoms with Gasteiger partial charge in [-0.25, -0.2) is 4.39 Å². The predicted molar refractivity (Wildman–Crippen MR) is 51.4 cm³/mol. The van der Waals surface area contributed by atoms with E-state index in [9.17, 15) is 4.39 Å². The minimum atomic E-state index is -0.257. The third-order valence-corrected chi connectivity index (χ3v) is 1.96. The number of nitrogens with two attached hydrogens (primary N) is 1. The number of hydrogen-bond acceptors (Lipinski definition) is 4. The quantitative estimate of drug-likeness (QED) is 0.822. The van der Waals surface area contributed by atoms with Crippen LogP contribution in [0.25, 0.3) is 0 Å². The van der Waals surface area contributed by atoms with Crippen molar-refractivity contribution in [2.45, 2.75) is 13.0 Å². The van der Waals surface area contributed by atoms with Gasteiger partial charge in [-0.15, -0.1) is 0 Å². The Kier molecular flexibility index (Phi) is 2.73. The molecule has 0 saturated heterocycles. The zero-order valence-electron chi connectivity index (χ0n) is 7.98. The van der Waals surface area contributed by atoms with Gasteiger partial charge in [-0.3, -0.25) is 0 Å². The molecule has 0 aliphatic heterocycles. The van der Waals surface area contributed by atoms with E-state index in [4.69, 9.17) is 10.3 Å². The zero-order chi connectivity index (χ0) is 10.7. The number of nitrogens with zero attached hydrogens (tertiary/aromatic N) is 2. The van der Waals surface area contributed by atoms with Crippen molar-refractivity contribution in [1.82, 2.24) is 10.1 Å². The van der Waals surface area contributed by atoms with E-state index in [0.717, 1.165) is 5.56 Å². The van der Waals surface area contributed by atoms with Crippen LogP contribution in [0.4, 0.5) is 4.39 Å². The van der Waals surface area contributed by atoms with Crippen molar-refractivity contribution in [3.8, 4) is 0 Å². The van der Waals surface area contributed by atoms with Gasteiger partial charge in [0.25, 0.3) is 0 Å². The molecule has 0 atom stereocenters. The summed E-state index contributed by atoms with van der Waals surface area (Å²) in [6, 6.07) is 6.16. The van der Waals surface area contributed by atoms with Crippen molar-refractivity contribution >= 4 is 0 Å². The lowest BCUT2D eigenvalue weighted by atomic mass is 10.1. The summed E-state index contributed by atoms with van der Waals surface area (Å²) in [5.74, 6) is 0.709. The Morgan fingerprint density at radius 1 is 1.27 bits per heavy atom. The van der Waals surface area contributed by atoms with Crippen molar-refractivity contribution in [3.63, 3.8) is 0 Å². The molecule has 0 saturated carbocycles. The Morgan fingerprint density at radius 3 is 2.60 bits per heavy atom. The topological polar surface area (TPSA) is 64.9 Å². The SMILES string of the molecule is NCc1noc(Cc2ccc(F)cc2)n1. The number of hydrogen-bond donors (Lipinski definition) is 1. The first-order chi connectivity index (χ1) is 7.28. The van der Waals surface area contributed by atoms with Gasteiger partial charge in [-0.1, -0.05) is 17.3 Å². The lowest BCUT2D eigenvalue weighted by Crippen LogP contribution is -1.98. The normalized spacial score (nSPS) is 10.5. The van der Waals surface area contributed by atoms with Gasteiger partial charge in [-0.2, -0.15) is 4.98 Å². The standard InChI is InChI=1S/C10H10FN3O/c11-8-3-1-7(2-4-8)5-10-13-9(6-12)14-15-10/h1-4H,5-6,12H2. The molecular weight excluding hydrogens is 197 g/mol. The summed E-state index contributed by atoms with van der Waals surface area (Å²) in [6.07, 6.45) is 0.493. The van der Waals surface area contributed by atoms with Crippen LogP contribution < -0.4 is 5.73 Å². The molecule has 0 unspecified atom stereocenters. The molecule has 1 heterocycles. The van der Waals surface area contributed by atoms with E-state index in [1.807, 2.05) is 0 Å². The average molecular weight is 207 g/mol. The summed E-state index contributed by atoms with van der Waals surface area (Å²) in [7, 11) is 0. The molecule has 2 N–H and O–H groups in total. The van der Waals surface area contributed by atoms with Gasteiger partial charge >= 0.3 is 0 Å². The molecule has 15 heavy (non-hydrogen) atoms. The Bertz CT molecular complexity index is 438. The number of aromatic nitrogens is 2. The van der Waals surface area contributed by atoms with Crippen LogP contribution in [0.2, 0.25) is 0 Å². The molecule has 0 spiro atoms. The van der Waals surface area contributed by atoms with Crippen molar-refractivity contribution < 1.29 is 8.91 Å². The van der Waals surface area contributed by atoms with Crippen LogP contribution in [0.3, 0.4) is 0 Å². The largest absolute Gasteiger partial charge is 0.339 e. The third-order valence-electron chi connectivity index (χ3n) is 1.96. The van der Waals surface area contributed by atoms with Crippen molar-refractivity contribution in [2.24, 2.45) is 5.73 Å². The monoisotopic (exact) mass is 207 g/mol. The van der Waals surface area contributed by atoms with Gasteiger partial charge < -0.3 is 10.3 Å². The van der Waals surface area contributed by atoms with E-state index in [2.05, 4.69) is 10.1 Å². The lowest BCUT2D eigenvalue weighted by Gasteiger charge is -1.95. The van der Waals surface area contributed by atoms with Crippen LogP contribution in [0.5, 0.6) is 0 Å². The fourth-order valence-electron chi connectivity index (χ4n) is 1.22. The molecular formula is C10H10FN3O. The highest BCUT2D eigenvalue weighted by molar-refractivity contribution is 5.19. The van der Waals surface area contributed by atoms with E-state index < -0.39 is 0 Å². The number of benzene rings is 1. The second-order valence-corrected chi connectivity index (χ2v) is 3.11. The summed E-state index contributed by atoms with van der Waals surface area (Å²) in [5.41, 5.74) is 6.26. The molecule has 0 aliphatic carbocycles. The Balaban J connectivity index is 2.11. The highest BCUT2D eigenvalue weighted by Crippen LogP contribution is 2.08. The Labute approximate surface area is 85.9 Å². The highest BCUT2D eigenvalue weighted by Gasteiger charge is 2.05. The summed E-state index contributed by atoms with van der Waals surface area (Å²) in [4.78, 5) is 4.05. The third kappa shape index (κ3) is 2.38. The van der Waals surface area contributed by atoms with Crippen LogP contribution in [0.15, 0.2) is 28.8 Å². The first kappa shape index (κ1) is 9.79. The van der Waals surface area contributed by atoms with E-state index in [1.54, 1.807) is 12.1 Å². The molecule has 1 aromatic heterocycles. The summed E-state index contributed by atoms with van der Waals surface area (Å²) >= 11 is 0. The lowest BCUT2D eigenvalue weighted by molar-refractivity contribution is 0.379. The minimum absolute atomic E-state index is 0.257.